The number of rotatable bonds is 4. The maximum Gasteiger partial charge on any atom is 0.251 e. The first kappa shape index (κ1) is 15.6. The first-order chi connectivity index (χ1) is 9.56. The Morgan fingerprint density at radius 1 is 1.45 bits per heavy atom. The Morgan fingerprint density at radius 3 is 2.80 bits per heavy atom. The number of hydrogen-bond donors (Lipinski definition) is 1. The minimum absolute atomic E-state index is 0.0468. The fourth-order valence-electron chi connectivity index (χ4n) is 2.23. The Kier molecular flexibility index (Phi) is 5.73. The Morgan fingerprint density at radius 2 is 2.15 bits per heavy atom. The summed E-state index contributed by atoms with van der Waals surface area (Å²) in [4.78, 5) is 16.5. The van der Waals surface area contributed by atoms with Crippen LogP contribution in [0.15, 0.2) is 12.1 Å². The second kappa shape index (κ2) is 7.32. The fraction of sp³-hybridized carbons (Fsp3) is 0.600. The lowest BCUT2D eigenvalue weighted by atomic mass is 10.0. The average molecular weight is 313 g/mol. The smallest absolute Gasteiger partial charge is 0.251 e. The Balaban J connectivity index is 1.97. The van der Waals surface area contributed by atoms with Crippen LogP contribution in [0.2, 0.25) is 5.15 Å². The number of halogens is 1. The molecule has 3 nitrogen and oxygen atoms in total. The van der Waals surface area contributed by atoms with E-state index in [0.29, 0.717) is 16.6 Å². The van der Waals surface area contributed by atoms with Crippen molar-refractivity contribution in [3.63, 3.8) is 0 Å². The van der Waals surface area contributed by atoms with Crippen LogP contribution < -0.4 is 5.32 Å². The summed E-state index contributed by atoms with van der Waals surface area (Å²) in [5.74, 6) is 3.24. The predicted octanol–water partition coefficient (Wildman–Crippen LogP) is 3.73. The molecule has 1 aliphatic rings. The minimum Gasteiger partial charge on any atom is -0.352 e. The molecule has 20 heavy (non-hydrogen) atoms. The van der Waals surface area contributed by atoms with Gasteiger partial charge in [-0.3, -0.25) is 4.79 Å². The number of thioether (sulfide) groups is 1. The molecule has 0 aromatic carbocycles. The van der Waals surface area contributed by atoms with E-state index in [2.05, 4.69) is 10.3 Å². The topological polar surface area (TPSA) is 42.0 Å². The largest absolute Gasteiger partial charge is 0.352 e. The summed E-state index contributed by atoms with van der Waals surface area (Å²) in [5, 5.41) is 3.41. The van der Waals surface area contributed by atoms with Crippen LogP contribution in [0, 0.1) is 5.92 Å². The SMILES string of the molecule is CC(C)c1cc(C(=O)NCC2CCSCC2)cc(Cl)n1. The molecule has 1 aliphatic heterocycles. The third-order valence-corrected chi connectivity index (χ3v) is 4.80. The number of hydrogen-bond acceptors (Lipinski definition) is 3. The summed E-state index contributed by atoms with van der Waals surface area (Å²) in [6, 6.07) is 3.47. The van der Waals surface area contributed by atoms with E-state index in [4.69, 9.17) is 11.6 Å². The van der Waals surface area contributed by atoms with Gasteiger partial charge in [-0.1, -0.05) is 25.4 Å². The van der Waals surface area contributed by atoms with Crippen molar-refractivity contribution in [3.05, 3.63) is 28.5 Å². The molecule has 0 aliphatic carbocycles. The Bertz CT molecular complexity index is 473. The number of nitrogens with zero attached hydrogens (tertiary/aromatic N) is 1. The Labute approximate surface area is 129 Å². The van der Waals surface area contributed by atoms with Gasteiger partial charge in [0.1, 0.15) is 5.15 Å². The maximum absolute atomic E-state index is 12.2. The van der Waals surface area contributed by atoms with Crippen LogP contribution in [0.1, 0.15) is 48.7 Å². The van der Waals surface area contributed by atoms with E-state index < -0.39 is 0 Å². The molecular formula is C15H21ClN2OS. The third kappa shape index (κ3) is 4.38. The normalized spacial score (nSPS) is 16.4. The average Bonchev–Trinajstić information content (AvgIpc) is 2.45. The van der Waals surface area contributed by atoms with Gasteiger partial charge >= 0.3 is 0 Å². The second-order valence-corrected chi connectivity index (χ2v) is 7.14. The summed E-state index contributed by atoms with van der Waals surface area (Å²) < 4.78 is 0. The van der Waals surface area contributed by atoms with Gasteiger partial charge in [0.25, 0.3) is 5.91 Å². The zero-order chi connectivity index (χ0) is 14.5. The van der Waals surface area contributed by atoms with Crippen molar-refractivity contribution in [1.82, 2.24) is 10.3 Å². The number of aromatic nitrogens is 1. The summed E-state index contributed by atoms with van der Waals surface area (Å²) in [7, 11) is 0. The third-order valence-electron chi connectivity index (χ3n) is 3.56. The van der Waals surface area contributed by atoms with Crippen molar-refractivity contribution < 1.29 is 4.79 Å². The number of carbonyl (C=O) groups excluding carboxylic acids is 1. The monoisotopic (exact) mass is 312 g/mol. The van der Waals surface area contributed by atoms with Crippen LogP contribution in [0.25, 0.3) is 0 Å². The van der Waals surface area contributed by atoms with Crippen molar-refractivity contribution >= 4 is 29.3 Å². The first-order valence-electron chi connectivity index (χ1n) is 7.09. The maximum atomic E-state index is 12.2. The zero-order valence-corrected chi connectivity index (χ0v) is 13.6. The standard InChI is InChI=1S/C15H21ClN2OS/c1-10(2)13-7-12(8-14(16)18-13)15(19)17-9-11-3-5-20-6-4-11/h7-8,10-11H,3-6,9H2,1-2H3,(H,17,19). The Hall–Kier alpha value is -0.740. The second-order valence-electron chi connectivity index (χ2n) is 5.52. The van der Waals surface area contributed by atoms with Crippen LogP contribution in [0.4, 0.5) is 0 Å². The van der Waals surface area contributed by atoms with Gasteiger partial charge in [0, 0.05) is 17.8 Å². The van der Waals surface area contributed by atoms with Crippen molar-refractivity contribution in [2.24, 2.45) is 5.92 Å². The molecule has 0 saturated carbocycles. The molecule has 110 valence electrons. The molecule has 0 bridgehead atoms. The van der Waals surface area contributed by atoms with E-state index in [0.717, 1.165) is 12.2 Å². The van der Waals surface area contributed by atoms with Gasteiger partial charge in [-0.25, -0.2) is 4.98 Å². The van der Waals surface area contributed by atoms with Crippen molar-refractivity contribution in [1.29, 1.82) is 0 Å². The molecule has 0 radical (unpaired) electrons. The molecule has 1 saturated heterocycles. The number of nitrogens with one attached hydrogen (secondary N) is 1. The molecule has 5 heteroatoms. The molecular weight excluding hydrogens is 292 g/mol. The minimum atomic E-state index is -0.0468. The molecule has 0 unspecified atom stereocenters. The van der Waals surface area contributed by atoms with E-state index in [1.54, 1.807) is 6.07 Å². The molecule has 1 aromatic heterocycles. The predicted molar refractivity (Wildman–Crippen MR) is 85.7 cm³/mol. The summed E-state index contributed by atoms with van der Waals surface area (Å²) in [5.41, 5.74) is 1.47. The van der Waals surface area contributed by atoms with Crippen molar-refractivity contribution in [2.75, 3.05) is 18.1 Å². The van der Waals surface area contributed by atoms with Gasteiger partial charge < -0.3 is 5.32 Å². The van der Waals surface area contributed by atoms with E-state index in [-0.39, 0.29) is 11.8 Å². The highest BCUT2D eigenvalue weighted by molar-refractivity contribution is 7.99. The molecule has 0 spiro atoms. The highest BCUT2D eigenvalue weighted by Gasteiger charge is 2.16. The molecule has 1 aromatic rings. The number of amides is 1. The van der Waals surface area contributed by atoms with E-state index >= 15 is 0 Å². The van der Waals surface area contributed by atoms with Gasteiger partial charge in [-0.15, -0.1) is 0 Å². The first-order valence-corrected chi connectivity index (χ1v) is 8.63. The van der Waals surface area contributed by atoms with Crippen LogP contribution in [-0.4, -0.2) is 28.9 Å². The van der Waals surface area contributed by atoms with Gasteiger partial charge in [-0.2, -0.15) is 11.8 Å². The molecule has 1 amide bonds. The number of carbonyl (C=O) groups is 1. The lowest BCUT2D eigenvalue weighted by Gasteiger charge is -2.21. The van der Waals surface area contributed by atoms with Gasteiger partial charge in [-0.05, 0) is 48.3 Å². The molecule has 1 N–H and O–H groups in total. The van der Waals surface area contributed by atoms with Gasteiger partial charge in [0.2, 0.25) is 0 Å². The molecule has 2 heterocycles. The summed E-state index contributed by atoms with van der Waals surface area (Å²) >= 11 is 7.99. The van der Waals surface area contributed by atoms with Crippen LogP contribution in [-0.2, 0) is 0 Å². The molecule has 2 rings (SSSR count). The van der Waals surface area contributed by atoms with E-state index in [1.807, 2.05) is 31.7 Å². The zero-order valence-electron chi connectivity index (χ0n) is 12.0. The van der Waals surface area contributed by atoms with Crippen molar-refractivity contribution in [3.8, 4) is 0 Å². The van der Waals surface area contributed by atoms with E-state index in [9.17, 15) is 4.79 Å². The van der Waals surface area contributed by atoms with E-state index in [1.165, 1.54) is 24.3 Å². The fourth-order valence-corrected chi connectivity index (χ4v) is 3.65. The lowest BCUT2D eigenvalue weighted by Crippen LogP contribution is -2.31. The van der Waals surface area contributed by atoms with Gasteiger partial charge in [0.05, 0.1) is 0 Å². The lowest BCUT2D eigenvalue weighted by molar-refractivity contribution is 0.0946. The quantitative estimate of drug-likeness (QED) is 0.861. The summed E-state index contributed by atoms with van der Waals surface area (Å²) in [6.45, 7) is 4.84. The van der Waals surface area contributed by atoms with Crippen LogP contribution in [0.5, 0.6) is 0 Å². The van der Waals surface area contributed by atoms with Crippen LogP contribution >= 0.6 is 23.4 Å². The van der Waals surface area contributed by atoms with Crippen LogP contribution in [0.3, 0.4) is 0 Å². The highest BCUT2D eigenvalue weighted by atomic mass is 35.5. The highest BCUT2D eigenvalue weighted by Crippen LogP contribution is 2.22. The van der Waals surface area contributed by atoms with Gasteiger partial charge in [0.15, 0.2) is 0 Å². The number of pyridine rings is 1. The summed E-state index contributed by atoms with van der Waals surface area (Å²) in [6.07, 6.45) is 2.39. The molecule has 0 atom stereocenters. The van der Waals surface area contributed by atoms with Crippen molar-refractivity contribution in [2.45, 2.75) is 32.6 Å². The molecule has 1 fully saturated rings.